The Bertz CT molecular complexity index is 1610. The first-order valence-electron chi connectivity index (χ1n) is 10.6. The zero-order chi connectivity index (χ0) is 24.6. The van der Waals surface area contributed by atoms with Gasteiger partial charge in [0.05, 0.1) is 28.6 Å². The number of benzene rings is 3. The standard InChI is InChI=1S/C25H20ClN3O4S2/c1-16-3-10-21(11-4-16)35(30,31)29-23-12-9-20(32-2)13-22(23)24(28-29)33-14-19-15-34-25(27-19)17-5-7-18(26)8-6-17/h3-13,15H,14H2,1-2H3. The van der Waals surface area contributed by atoms with Crippen LogP contribution < -0.4 is 9.47 Å². The summed E-state index contributed by atoms with van der Waals surface area (Å²) in [7, 11) is -2.39. The molecule has 178 valence electrons. The van der Waals surface area contributed by atoms with Crippen LogP contribution in [0.5, 0.6) is 11.6 Å². The highest BCUT2D eigenvalue weighted by molar-refractivity contribution is 7.90. The van der Waals surface area contributed by atoms with Crippen molar-refractivity contribution in [3.05, 3.63) is 88.4 Å². The van der Waals surface area contributed by atoms with E-state index in [9.17, 15) is 8.42 Å². The predicted molar refractivity (Wildman–Crippen MR) is 137 cm³/mol. The molecule has 0 aliphatic carbocycles. The quantitative estimate of drug-likeness (QED) is 0.261. The summed E-state index contributed by atoms with van der Waals surface area (Å²) in [5.41, 5.74) is 3.01. The molecule has 0 radical (unpaired) electrons. The fraction of sp³-hybridized carbons (Fsp3) is 0.120. The monoisotopic (exact) mass is 525 g/mol. The predicted octanol–water partition coefficient (Wildman–Crippen LogP) is 5.95. The fourth-order valence-corrected chi connectivity index (χ4v) is 5.73. The molecular formula is C25H20ClN3O4S2. The number of methoxy groups -OCH3 is 1. The number of hydrogen-bond acceptors (Lipinski definition) is 7. The third kappa shape index (κ3) is 4.62. The van der Waals surface area contributed by atoms with Crippen LogP contribution in [0.25, 0.3) is 21.5 Å². The van der Waals surface area contributed by atoms with Crippen LogP contribution in [0.2, 0.25) is 5.02 Å². The summed E-state index contributed by atoms with van der Waals surface area (Å²) in [6.07, 6.45) is 0. The Kier molecular flexibility index (Phi) is 6.22. The molecule has 10 heteroatoms. The topological polar surface area (TPSA) is 83.3 Å². The molecule has 35 heavy (non-hydrogen) atoms. The van der Waals surface area contributed by atoms with E-state index < -0.39 is 10.0 Å². The summed E-state index contributed by atoms with van der Waals surface area (Å²) >= 11 is 7.46. The number of aromatic nitrogens is 3. The minimum absolute atomic E-state index is 0.123. The summed E-state index contributed by atoms with van der Waals surface area (Å²) in [5, 5.41) is 8.25. The summed E-state index contributed by atoms with van der Waals surface area (Å²) in [5.74, 6) is 0.740. The maximum atomic E-state index is 13.4. The lowest BCUT2D eigenvalue weighted by molar-refractivity contribution is 0.292. The minimum Gasteiger partial charge on any atom is -0.497 e. The lowest BCUT2D eigenvalue weighted by Crippen LogP contribution is -2.14. The van der Waals surface area contributed by atoms with Gasteiger partial charge in [0, 0.05) is 16.0 Å². The molecule has 7 nitrogen and oxygen atoms in total. The van der Waals surface area contributed by atoms with Gasteiger partial charge in [-0.05, 0) is 49.4 Å². The van der Waals surface area contributed by atoms with Crippen LogP contribution in [0.1, 0.15) is 11.3 Å². The van der Waals surface area contributed by atoms with Crippen molar-refractivity contribution in [2.75, 3.05) is 7.11 Å². The third-order valence-electron chi connectivity index (χ3n) is 5.37. The number of ether oxygens (including phenoxy) is 2. The molecule has 5 aromatic rings. The van der Waals surface area contributed by atoms with Crippen molar-refractivity contribution in [3.8, 4) is 22.2 Å². The Balaban J connectivity index is 1.48. The van der Waals surface area contributed by atoms with Crippen molar-refractivity contribution in [2.24, 2.45) is 0 Å². The van der Waals surface area contributed by atoms with E-state index in [1.807, 2.05) is 36.6 Å². The van der Waals surface area contributed by atoms with Gasteiger partial charge in [-0.15, -0.1) is 20.5 Å². The van der Waals surface area contributed by atoms with Crippen LogP contribution in [0.15, 0.2) is 77.0 Å². The zero-order valence-electron chi connectivity index (χ0n) is 18.8. The highest BCUT2D eigenvalue weighted by atomic mass is 35.5. The van der Waals surface area contributed by atoms with Crippen LogP contribution >= 0.6 is 22.9 Å². The number of fused-ring (bicyclic) bond motifs is 1. The van der Waals surface area contributed by atoms with Crippen LogP contribution in [0.3, 0.4) is 0 Å². The van der Waals surface area contributed by atoms with Crippen LogP contribution in [-0.2, 0) is 16.6 Å². The van der Waals surface area contributed by atoms with Gasteiger partial charge in [0.15, 0.2) is 0 Å². The third-order valence-corrected chi connectivity index (χ3v) is 8.16. The Hall–Kier alpha value is -3.40. The van der Waals surface area contributed by atoms with E-state index in [0.717, 1.165) is 20.2 Å². The molecule has 0 bridgehead atoms. The van der Waals surface area contributed by atoms with E-state index >= 15 is 0 Å². The molecule has 0 saturated heterocycles. The first kappa shape index (κ1) is 23.3. The number of halogens is 1. The van der Waals surface area contributed by atoms with Crippen molar-refractivity contribution in [1.82, 2.24) is 14.2 Å². The number of thiazole rings is 1. The Morgan fingerprint density at radius 3 is 2.49 bits per heavy atom. The molecule has 0 N–H and O–H groups in total. The zero-order valence-corrected chi connectivity index (χ0v) is 21.2. The molecule has 0 saturated carbocycles. The van der Waals surface area contributed by atoms with E-state index in [0.29, 0.717) is 27.4 Å². The molecule has 2 heterocycles. The molecule has 0 atom stereocenters. The van der Waals surface area contributed by atoms with Gasteiger partial charge in [0.1, 0.15) is 17.4 Å². The number of rotatable bonds is 7. The Morgan fingerprint density at radius 1 is 1.03 bits per heavy atom. The van der Waals surface area contributed by atoms with E-state index in [-0.39, 0.29) is 17.4 Å². The first-order chi connectivity index (χ1) is 16.8. The molecule has 0 spiro atoms. The maximum Gasteiger partial charge on any atom is 0.283 e. The second-order valence-electron chi connectivity index (χ2n) is 7.79. The minimum atomic E-state index is -3.94. The highest BCUT2D eigenvalue weighted by Crippen LogP contribution is 2.32. The van der Waals surface area contributed by atoms with Gasteiger partial charge in [-0.2, -0.15) is 8.42 Å². The maximum absolute atomic E-state index is 13.4. The van der Waals surface area contributed by atoms with Crippen molar-refractivity contribution >= 4 is 43.9 Å². The van der Waals surface area contributed by atoms with Gasteiger partial charge in [0.2, 0.25) is 5.88 Å². The van der Waals surface area contributed by atoms with Gasteiger partial charge >= 0.3 is 0 Å². The number of nitrogens with zero attached hydrogens (tertiary/aromatic N) is 3. The molecule has 5 rings (SSSR count). The summed E-state index contributed by atoms with van der Waals surface area (Å²) in [6, 6.07) is 19.1. The molecule has 0 aliphatic heterocycles. The van der Waals surface area contributed by atoms with Gasteiger partial charge in [-0.25, -0.2) is 4.98 Å². The summed E-state index contributed by atoms with van der Waals surface area (Å²) < 4.78 is 39.1. The first-order valence-corrected chi connectivity index (χ1v) is 13.3. The van der Waals surface area contributed by atoms with Crippen molar-refractivity contribution < 1.29 is 17.9 Å². The summed E-state index contributed by atoms with van der Waals surface area (Å²) in [6.45, 7) is 2.02. The Morgan fingerprint density at radius 2 is 1.77 bits per heavy atom. The van der Waals surface area contributed by atoms with Crippen molar-refractivity contribution in [3.63, 3.8) is 0 Å². The smallest absolute Gasteiger partial charge is 0.283 e. The Labute approximate surface area is 211 Å². The van der Waals surface area contributed by atoms with E-state index in [1.165, 1.54) is 11.3 Å². The van der Waals surface area contributed by atoms with E-state index in [2.05, 4.69) is 10.1 Å². The van der Waals surface area contributed by atoms with Gasteiger partial charge in [0.25, 0.3) is 10.0 Å². The average molecular weight is 526 g/mol. The van der Waals surface area contributed by atoms with Crippen LogP contribution in [-0.4, -0.2) is 29.7 Å². The summed E-state index contributed by atoms with van der Waals surface area (Å²) in [4.78, 5) is 4.76. The SMILES string of the molecule is COc1ccc2c(c1)c(OCc1csc(-c3ccc(Cl)cc3)n1)nn2S(=O)(=O)c1ccc(C)cc1. The molecule has 2 aromatic heterocycles. The molecular weight excluding hydrogens is 506 g/mol. The fourth-order valence-electron chi connectivity index (χ4n) is 3.51. The van der Waals surface area contributed by atoms with E-state index in [1.54, 1.807) is 49.6 Å². The normalized spacial score (nSPS) is 11.6. The van der Waals surface area contributed by atoms with Crippen molar-refractivity contribution in [2.45, 2.75) is 18.4 Å². The highest BCUT2D eigenvalue weighted by Gasteiger charge is 2.24. The largest absolute Gasteiger partial charge is 0.497 e. The van der Waals surface area contributed by atoms with Crippen molar-refractivity contribution in [1.29, 1.82) is 0 Å². The lowest BCUT2D eigenvalue weighted by atomic mass is 10.2. The lowest BCUT2D eigenvalue weighted by Gasteiger charge is -2.06. The molecule has 0 aliphatic rings. The second-order valence-corrected chi connectivity index (χ2v) is 10.9. The molecule has 0 unspecified atom stereocenters. The van der Waals surface area contributed by atoms with Gasteiger partial charge in [-0.1, -0.05) is 41.4 Å². The van der Waals surface area contributed by atoms with Crippen LogP contribution in [0.4, 0.5) is 0 Å². The molecule has 0 fully saturated rings. The number of aryl methyl sites for hydroxylation is 1. The number of hydrogen-bond donors (Lipinski definition) is 0. The molecule has 3 aromatic carbocycles. The second kappa shape index (κ2) is 9.33. The average Bonchev–Trinajstić information content (AvgIpc) is 3.48. The van der Waals surface area contributed by atoms with Crippen LogP contribution in [0, 0.1) is 6.92 Å². The van der Waals surface area contributed by atoms with Gasteiger partial charge in [-0.3, -0.25) is 0 Å². The molecule has 0 amide bonds. The van der Waals surface area contributed by atoms with Gasteiger partial charge < -0.3 is 9.47 Å². The van der Waals surface area contributed by atoms with E-state index in [4.69, 9.17) is 21.1 Å².